The molecule has 0 atom stereocenters. The largest absolute Gasteiger partial charge is 0.461 e. The summed E-state index contributed by atoms with van der Waals surface area (Å²) >= 11 is 0. The Bertz CT molecular complexity index is 354. The van der Waals surface area contributed by atoms with Crippen molar-refractivity contribution in [3.05, 3.63) is 34.4 Å². The van der Waals surface area contributed by atoms with Gasteiger partial charge in [-0.2, -0.15) is 0 Å². The van der Waals surface area contributed by atoms with Crippen molar-refractivity contribution in [2.75, 3.05) is 0 Å². The van der Waals surface area contributed by atoms with E-state index in [2.05, 4.69) is 26.0 Å². The number of rotatable bonds is 2. The van der Waals surface area contributed by atoms with Gasteiger partial charge in [0.2, 0.25) is 0 Å². The molecule has 1 aromatic carbocycles. The second kappa shape index (κ2) is 4.27. The van der Waals surface area contributed by atoms with Crippen molar-refractivity contribution >= 4 is 5.97 Å². The number of benzene rings is 1. The zero-order valence-corrected chi connectivity index (χ0v) is 9.18. The topological polar surface area (TPSA) is 26.3 Å². The fraction of sp³-hybridized carbons (Fsp3) is 0.417. The molecule has 14 heavy (non-hydrogen) atoms. The zero-order valence-electron chi connectivity index (χ0n) is 9.18. The van der Waals surface area contributed by atoms with E-state index >= 15 is 0 Å². The van der Waals surface area contributed by atoms with Gasteiger partial charge in [-0.05, 0) is 43.0 Å². The Morgan fingerprint density at radius 3 is 2.29 bits per heavy atom. The minimum atomic E-state index is -0.234. The highest BCUT2D eigenvalue weighted by molar-refractivity contribution is 5.66. The van der Waals surface area contributed by atoms with Gasteiger partial charge < -0.3 is 4.74 Å². The van der Waals surface area contributed by atoms with Crippen molar-refractivity contribution in [3.63, 3.8) is 0 Å². The van der Waals surface area contributed by atoms with Crippen LogP contribution < -0.4 is 0 Å². The van der Waals surface area contributed by atoms with E-state index in [0.717, 1.165) is 5.56 Å². The van der Waals surface area contributed by atoms with E-state index in [0.29, 0.717) is 6.61 Å². The Kier molecular flexibility index (Phi) is 3.28. The second-order valence-electron chi connectivity index (χ2n) is 3.64. The van der Waals surface area contributed by atoms with E-state index in [-0.39, 0.29) is 5.97 Å². The first-order valence-electron chi connectivity index (χ1n) is 4.71. The molecule has 2 heteroatoms. The van der Waals surface area contributed by atoms with Crippen LogP contribution in [0.5, 0.6) is 0 Å². The molecule has 0 unspecified atom stereocenters. The zero-order chi connectivity index (χ0) is 10.7. The van der Waals surface area contributed by atoms with Crippen LogP contribution in [0, 0.1) is 20.8 Å². The van der Waals surface area contributed by atoms with E-state index in [1.54, 1.807) is 0 Å². The van der Waals surface area contributed by atoms with Gasteiger partial charge in [0.05, 0.1) is 0 Å². The van der Waals surface area contributed by atoms with E-state index < -0.39 is 0 Å². The summed E-state index contributed by atoms with van der Waals surface area (Å²) < 4.78 is 4.96. The number of carbonyl (C=O) groups excluding carboxylic acids is 1. The van der Waals surface area contributed by atoms with E-state index in [1.165, 1.54) is 23.6 Å². The number of hydrogen-bond acceptors (Lipinski definition) is 2. The molecule has 0 saturated heterocycles. The van der Waals surface area contributed by atoms with Gasteiger partial charge in [-0.1, -0.05) is 12.1 Å². The van der Waals surface area contributed by atoms with Crippen molar-refractivity contribution in [2.24, 2.45) is 0 Å². The smallest absolute Gasteiger partial charge is 0.302 e. The van der Waals surface area contributed by atoms with Gasteiger partial charge >= 0.3 is 5.97 Å². The lowest BCUT2D eigenvalue weighted by molar-refractivity contribution is -0.142. The lowest BCUT2D eigenvalue weighted by atomic mass is 10.0. The molecule has 0 saturated carbocycles. The van der Waals surface area contributed by atoms with Crippen LogP contribution in [0.4, 0.5) is 0 Å². The van der Waals surface area contributed by atoms with Crippen molar-refractivity contribution in [1.29, 1.82) is 0 Å². The van der Waals surface area contributed by atoms with Crippen LogP contribution >= 0.6 is 0 Å². The van der Waals surface area contributed by atoms with Crippen LogP contribution in [0.25, 0.3) is 0 Å². The molecule has 0 aromatic heterocycles. The van der Waals surface area contributed by atoms with Gasteiger partial charge in [0.25, 0.3) is 0 Å². The number of hydrogen-bond donors (Lipinski definition) is 0. The van der Waals surface area contributed by atoms with E-state index in [9.17, 15) is 4.79 Å². The number of esters is 1. The lowest BCUT2D eigenvalue weighted by Crippen LogP contribution is -2.01. The predicted molar refractivity (Wildman–Crippen MR) is 56.1 cm³/mol. The molecular weight excluding hydrogens is 176 g/mol. The van der Waals surface area contributed by atoms with Crippen molar-refractivity contribution < 1.29 is 9.53 Å². The average molecular weight is 192 g/mol. The summed E-state index contributed by atoms with van der Waals surface area (Å²) in [7, 11) is 0. The van der Waals surface area contributed by atoms with E-state index in [4.69, 9.17) is 4.74 Å². The molecule has 0 aliphatic heterocycles. The van der Waals surface area contributed by atoms with Crippen LogP contribution in [-0.4, -0.2) is 5.97 Å². The maximum Gasteiger partial charge on any atom is 0.302 e. The third-order valence-corrected chi connectivity index (χ3v) is 2.38. The molecule has 0 aliphatic rings. The standard InChI is InChI=1S/C12H16O2/c1-8-5-10(3)12(6-9(8)2)7-14-11(4)13/h5-6H,7H2,1-4H3. The van der Waals surface area contributed by atoms with Gasteiger partial charge in [0, 0.05) is 6.92 Å². The first-order chi connectivity index (χ1) is 6.50. The highest BCUT2D eigenvalue weighted by Crippen LogP contribution is 2.16. The minimum Gasteiger partial charge on any atom is -0.461 e. The third-order valence-electron chi connectivity index (χ3n) is 2.38. The fourth-order valence-electron chi connectivity index (χ4n) is 1.36. The van der Waals surface area contributed by atoms with Gasteiger partial charge in [0.15, 0.2) is 0 Å². The fourth-order valence-corrected chi connectivity index (χ4v) is 1.36. The predicted octanol–water partition coefficient (Wildman–Crippen LogP) is 2.67. The molecule has 0 spiro atoms. The molecule has 76 valence electrons. The minimum absolute atomic E-state index is 0.234. The molecule has 2 nitrogen and oxygen atoms in total. The molecule has 1 rings (SSSR count). The van der Waals surface area contributed by atoms with Gasteiger partial charge in [-0.15, -0.1) is 0 Å². The quantitative estimate of drug-likeness (QED) is 0.673. The van der Waals surface area contributed by atoms with Crippen LogP contribution in [0.1, 0.15) is 29.2 Å². The maximum absolute atomic E-state index is 10.7. The highest BCUT2D eigenvalue weighted by Gasteiger charge is 2.03. The summed E-state index contributed by atoms with van der Waals surface area (Å²) in [6.07, 6.45) is 0. The Labute approximate surface area is 84.9 Å². The van der Waals surface area contributed by atoms with Crippen LogP contribution in [0.3, 0.4) is 0 Å². The Hall–Kier alpha value is -1.31. The molecule has 0 N–H and O–H groups in total. The van der Waals surface area contributed by atoms with Crippen molar-refractivity contribution in [2.45, 2.75) is 34.3 Å². The summed E-state index contributed by atoms with van der Waals surface area (Å²) in [4.78, 5) is 10.7. The Morgan fingerprint density at radius 2 is 1.71 bits per heavy atom. The maximum atomic E-state index is 10.7. The normalized spacial score (nSPS) is 10.0. The van der Waals surface area contributed by atoms with Crippen molar-refractivity contribution in [3.8, 4) is 0 Å². The molecule has 0 fully saturated rings. The molecule has 0 amide bonds. The summed E-state index contributed by atoms with van der Waals surface area (Å²) in [5, 5.41) is 0. The summed E-state index contributed by atoms with van der Waals surface area (Å²) in [6.45, 7) is 7.98. The highest BCUT2D eigenvalue weighted by atomic mass is 16.5. The third kappa shape index (κ3) is 2.59. The van der Waals surface area contributed by atoms with Gasteiger partial charge in [0.1, 0.15) is 6.61 Å². The second-order valence-corrected chi connectivity index (χ2v) is 3.64. The van der Waals surface area contributed by atoms with Crippen LogP contribution in [0.15, 0.2) is 12.1 Å². The number of aryl methyl sites for hydroxylation is 3. The van der Waals surface area contributed by atoms with Crippen LogP contribution in [0.2, 0.25) is 0 Å². The van der Waals surface area contributed by atoms with Gasteiger partial charge in [-0.25, -0.2) is 0 Å². The summed E-state index contributed by atoms with van der Waals surface area (Å²) in [6, 6.07) is 4.20. The van der Waals surface area contributed by atoms with E-state index in [1.807, 2.05) is 6.92 Å². The van der Waals surface area contributed by atoms with Crippen molar-refractivity contribution in [1.82, 2.24) is 0 Å². The molecule has 1 aromatic rings. The summed E-state index contributed by atoms with van der Waals surface area (Å²) in [5.74, 6) is -0.234. The Morgan fingerprint density at radius 1 is 1.14 bits per heavy atom. The molecule has 0 aliphatic carbocycles. The number of ether oxygens (including phenoxy) is 1. The molecule has 0 bridgehead atoms. The summed E-state index contributed by atoms with van der Waals surface area (Å²) in [5.41, 5.74) is 4.77. The molecular formula is C12H16O2. The monoisotopic (exact) mass is 192 g/mol. The van der Waals surface area contributed by atoms with Crippen LogP contribution in [-0.2, 0) is 16.1 Å². The lowest BCUT2D eigenvalue weighted by Gasteiger charge is -2.09. The first kappa shape index (κ1) is 10.8. The molecule has 0 heterocycles. The Balaban J connectivity index is 2.87. The average Bonchev–Trinajstić information content (AvgIpc) is 2.09. The number of carbonyl (C=O) groups is 1. The van der Waals surface area contributed by atoms with Gasteiger partial charge in [-0.3, -0.25) is 4.79 Å². The SMILES string of the molecule is CC(=O)OCc1cc(C)c(C)cc1C. The molecule has 0 radical (unpaired) electrons. The first-order valence-corrected chi connectivity index (χ1v) is 4.71.